The van der Waals surface area contributed by atoms with Crippen molar-refractivity contribution in [1.29, 1.82) is 0 Å². The van der Waals surface area contributed by atoms with Crippen molar-refractivity contribution in [3.63, 3.8) is 0 Å². The van der Waals surface area contributed by atoms with E-state index in [1.165, 1.54) is 0 Å². The van der Waals surface area contributed by atoms with Crippen molar-refractivity contribution < 1.29 is 12.3 Å². The van der Waals surface area contributed by atoms with Crippen LogP contribution >= 0.6 is 0 Å². The van der Waals surface area contributed by atoms with Crippen LogP contribution < -0.4 is 0 Å². The lowest BCUT2D eigenvalue weighted by atomic mass is 10.2. The normalized spacial score (nSPS) is 11.8. The van der Waals surface area contributed by atoms with Gasteiger partial charge in [-0.3, -0.25) is 0 Å². The minimum atomic E-state index is -4.74. The molecule has 74 valence electrons. The largest absolute Gasteiger partial charge is 0.368 e. The van der Waals surface area contributed by atoms with Crippen LogP contribution in [0.4, 0.5) is 3.89 Å². The van der Waals surface area contributed by atoms with E-state index in [4.69, 9.17) is 0 Å². The van der Waals surface area contributed by atoms with Gasteiger partial charge in [0.2, 0.25) is 0 Å². The molecule has 0 amide bonds. The molecule has 0 spiro atoms. The van der Waals surface area contributed by atoms with E-state index < -0.39 is 15.4 Å². The van der Waals surface area contributed by atoms with Gasteiger partial charge in [0.25, 0.3) is 5.16 Å². The maximum absolute atomic E-state index is 12.3. The van der Waals surface area contributed by atoms with Crippen LogP contribution in [0.1, 0.15) is 25.6 Å². The summed E-state index contributed by atoms with van der Waals surface area (Å²) in [5.41, 5.74) is 0. The first kappa shape index (κ1) is 10.1. The second-order valence-electron chi connectivity index (χ2n) is 2.62. The second-order valence-corrected chi connectivity index (χ2v) is 3.88. The SMILES string of the molecule is CCCCc1nnc(S(=O)(=O)F)[nH]1. The zero-order valence-corrected chi connectivity index (χ0v) is 7.93. The summed E-state index contributed by atoms with van der Waals surface area (Å²) in [7, 11) is -4.74. The molecule has 13 heavy (non-hydrogen) atoms. The quantitative estimate of drug-likeness (QED) is 0.741. The number of nitrogens with one attached hydrogen (secondary N) is 1. The predicted octanol–water partition coefficient (Wildman–Crippen LogP) is 0.806. The van der Waals surface area contributed by atoms with Crippen molar-refractivity contribution in [3.05, 3.63) is 5.82 Å². The smallest absolute Gasteiger partial charge is 0.314 e. The number of aromatic amines is 1. The molecule has 0 aliphatic rings. The Kier molecular flexibility index (Phi) is 2.97. The maximum Gasteiger partial charge on any atom is 0.368 e. The fourth-order valence-electron chi connectivity index (χ4n) is 0.846. The van der Waals surface area contributed by atoms with E-state index in [2.05, 4.69) is 15.2 Å². The maximum atomic E-state index is 12.3. The van der Waals surface area contributed by atoms with Gasteiger partial charge in [0.15, 0.2) is 0 Å². The average molecular weight is 207 g/mol. The van der Waals surface area contributed by atoms with Crippen molar-refractivity contribution in [2.75, 3.05) is 0 Å². The highest BCUT2D eigenvalue weighted by atomic mass is 32.3. The van der Waals surface area contributed by atoms with E-state index in [1.807, 2.05) is 6.92 Å². The number of aryl methyl sites for hydroxylation is 1. The van der Waals surface area contributed by atoms with Crippen LogP contribution in [0.5, 0.6) is 0 Å². The fraction of sp³-hybridized carbons (Fsp3) is 0.667. The summed E-state index contributed by atoms with van der Waals surface area (Å²) >= 11 is 0. The van der Waals surface area contributed by atoms with E-state index in [0.717, 1.165) is 12.8 Å². The van der Waals surface area contributed by atoms with Gasteiger partial charge in [-0.25, -0.2) is 0 Å². The highest BCUT2D eigenvalue weighted by Gasteiger charge is 2.17. The average Bonchev–Trinajstić information content (AvgIpc) is 2.47. The number of nitrogens with zero attached hydrogens (tertiary/aromatic N) is 2. The third-order valence-corrected chi connectivity index (χ3v) is 2.16. The number of hydrogen-bond donors (Lipinski definition) is 1. The van der Waals surface area contributed by atoms with Gasteiger partial charge in [-0.05, 0) is 6.42 Å². The summed E-state index contributed by atoms with van der Waals surface area (Å²) in [6.07, 6.45) is 2.40. The van der Waals surface area contributed by atoms with Gasteiger partial charge in [-0.1, -0.05) is 17.2 Å². The van der Waals surface area contributed by atoms with E-state index in [0.29, 0.717) is 12.2 Å². The second kappa shape index (κ2) is 3.82. The molecule has 0 bridgehead atoms. The van der Waals surface area contributed by atoms with E-state index >= 15 is 0 Å². The number of hydrogen-bond acceptors (Lipinski definition) is 4. The Morgan fingerprint density at radius 2 is 2.15 bits per heavy atom. The summed E-state index contributed by atoms with van der Waals surface area (Å²) in [5.74, 6) is 0.401. The molecule has 1 N–H and O–H groups in total. The Bertz CT molecular complexity index is 373. The molecule has 0 fully saturated rings. The molecule has 0 aromatic carbocycles. The number of aromatic nitrogens is 3. The molecule has 1 heterocycles. The van der Waals surface area contributed by atoms with Gasteiger partial charge in [0.05, 0.1) is 0 Å². The first-order valence-electron chi connectivity index (χ1n) is 3.90. The molecular weight excluding hydrogens is 197 g/mol. The molecule has 0 aliphatic heterocycles. The van der Waals surface area contributed by atoms with E-state index in [1.54, 1.807) is 0 Å². The summed E-state index contributed by atoms with van der Waals surface area (Å²) < 4.78 is 32.9. The minimum Gasteiger partial charge on any atom is -0.314 e. The third-order valence-electron chi connectivity index (χ3n) is 1.51. The van der Waals surface area contributed by atoms with Gasteiger partial charge in [0, 0.05) is 6.42 Å². The summed E-state index contributed by atoms with van der Waals surface area (Å²) in [6.45, 7) is 1.99. The van der Waals surface area contributed by atoms with Crippen molar-refractivity contribution in [2.45, 2.75) is 31.3 Å². The zero-order valence-electron chi connectivity index (χ0n) is 7.12. The molecule has 5 nitrogen and oxygen atoms in total. The van der Waals surface area contributed by atoms with Crippen LogP contribution in [0.15, 0.2) is 5.16 Å². The number of H-pyrrole nitrogens is 1. The Balaban J connectivity index is 2.76. The van der Waals surface area contributed by atoms with Gasteiger partial charge < -0.3 is 4.98 Å². The van der Waals surface area contributed by atoms with Gasteiger partial charge in [0.1, 0.15) is 5.82 Å². The molecule has 0 aliphatic carbocycles. The third kappa shape index (κ3) is 2.76. The van der Waals surface area contributed by atoms with Crippen LogP contribution in [0.25, 0.3) is 0 Å². The van der Waals surface area contributed by atoms with Crippen molar-refractivity contribution >= 4 is 10.2 Å². The lowest BCUT2D eigenvalue weighted by Gasteiger charge is -1.90. The molecule has 1 rings (SSSR count). The Morgan fingerprint density at radius 1 is 1.46 bits per heavy atom. The van der Waals surface area contributed by atoms with Gasteiger partial charge in [-0.15, -0.1) is 10.2 Å². The molecule has 1 aromatic rings. The van der Waals surface area contributed by atoms with Crippen LogP contribution in [-0.2, 0) is 16.6 Å². The molecule has 1 aromatic heterocycles. The lowest BCUT2D eigenvalue weighted by Crippen LogP contribution is -1.94. The van der Waals surface area contributed by atoms with Crippen molar-refractivity contribution in [3.8, 4) is 0 Å². The topological polar surface area (TPSA) is 75.7 Å². The Morgan fingerprint density at radius 3 is 2.62 bits per heavy atom. The lowest BCUT2D eigenvalue weighted by molar-refractivity contribution is 0.542. The van der Waals surface area contributed by atoms with Crippen LogP contribution in [0.2, 0.25) is 0 Å². The number of rotatable bonds is 4. The molecule has 0 saturated carbocycles. The highest BCUT2D eigenvalue weighted by Crippen LogP contribution is 2.06. The standard InChI is InChI=1S/C6H10FN3O2S/c1-2-3-4-5-8-6(10-9-5)13(7,11)12/h2-4H2,1H3,(H,8,9,10). The minimum absolute atomic E-state index is 0.401. The fourth-order valence-corrected chi connectivity index (χ4v) is 1.22. The van der Waals surface area contributed by atoms with Gasteiger partial charge >= 0.3 is 10.2 Å². The summed E-state index contributed by atoms with van der Waals surface area (Å²) in [6, 6.07) is 0. The number of unbranched alkanes of at least 4 members (excludes halogenated alkanes) is 1. The predicted molar refractivity (Wildman–Crippen MR) is 43.3 cm³/mol. The van der Waals surface area contributed by atoms with Gasteiger partial charge in [-0.2, -0.15) is 8.42 Å². The van der Waals surface area contributed by atoms with Crippen LogP contribution in [0, 0.1) is 0 Å². The molecule has 0 saturated heterocycles. The molecule has 0 radical (unpaired) electrons. The first-order chi connectivity index (χ1) is 6.04. The molecule has 0 atom stereocenters. The van der Waals surface area contributed by atoms with E-state index in [-0.39, 0.29) is 0 Å². The molecular formula is C6H10FN3O2S. The molecule has 0 unspecified atom stereocenters. The molecule has 7 heteroatoms. The van der Waals surface area contributed by atoms with Crippen LogP contribution in [-0.4, -0.2) is 23.6 Å². The van der Waals surface area contributed by atoms with Crippen molar-refractivity contribution in [1.82, 2.24) is 15.2 Å². The monoisotopic (exact) mass is 207 g/mol. The van der Waals surface area contributed by atoms with E-state index in [9.17, 15) is 12.3 Å². The number of halogens is 1. The summed E-state index contributed by atoms with van der Waals surface area (Å²) in [5, 5.41) is 5.96. The van der Waals surface area contributed by atoms with Crippen LogP contribution in [0.3, 0.4) is 0 Å². The summed E-state index contributed by atoms with van der Waals surface area (Å²) in [4.78, 5) is 2.30. The zero-order chi connectivity index (χ0) is 9.90. The van der Waals surface area contributed by atoms with Crippen molar-refractivity contribution in [2.24, 2.45) is 0 Å². The highest BCUT2D eigenvalue weighted by molar-refractivity contribution is 7.86. The Labute approximate surface area is 75.6 Å². The Hall–Kier alpha value is -0.980. The first-order valence-corrected chi connectivity index (χ1v) is 5.28.